The highest BCUT2D eigenvalue weighted by molar-refractivity contribution is 7.17. The van der Waals surface area contributed by atoms with E-state index in [-0.39, 0.29) is 0 Å². The van der Waals surface area contributed by atoms with Crippen LogP contribution in [0.25, 0.3) is 21.0 Å². The molecule has 0 saturated carbocycles. The summed E-state index contributed by atoms with van der Waals surface area (Å²) in [6, 6.07) is 19.0. The molecule has 4 rings (SSSR count). The zero-order chi connectivity index (χ0) is 16.4. The molecule has 0 unspecified atom stereocenters. The van der Waals surface area contributed by atoms with Gasteiger partial charge in [0.25, 0.3) is 0 Å². The molecule has 4 aromatic rings. The van der Waals surface area contributed by atoms with Gasteiger partial charge in [-0.15, -0.1) is 11.3 Å². The fraction of sp³-hybridized carbons (Fsp3) is 0.190. The van der Waals surface area contributed by atoms with Crippen molar-refractivity contribution in [3.05, 3.63) is 71.1 Å². The lowest BCUT2D eigenvalue weighted by atomic mass is 10.0. The number of benzene rings is 2. The first-order valence-corrected chi connectivity index (χ1v) is 9.28. The predicted octanol–water partition coefficient (Wildman–Crippen LogP) is 5.60. The molecule has 0 atom stereocenters. The minimum atomic E-state index is 0.676. The van der Waals surface area contributed by atoms with E-state index >= 15 is 0 Å². The van der Waals surface area contributed by atoms with Gasteiger partial charge in [0.2, 0.25) is 0 Å². The average Bonchev–Trinajstić information content (AvgIpc) is 3.02. The van der Waals surface area contributed by atoms with Crippen LogP contribution in [0.15, 0.2) is 60.0 Å². The summed E-state index contributed by atoms with van der Waals surface area (Å²) in [5.74, 6) is 0.676. The van der Waals surface area contributed by atoms with E-state index in [0.29, 0.717) is 5.82 Å². The van der Waals surface area contributed by atoms with Crippen LogP contribution in [0.5, 0.6) is 0 Å². The molecule has 0 aliphatic rings. The van der Waals surface area contributed by atoms with Crippen molar-refractivity contribution in [2.75, 3.05) is 5.73 Å². The lowest BCUT2D eigenvalue weighted by Crippen LogP contribution is -1.99. The van der Waals surface area contributed by atoms with Gasteiger partial charge in [0.15, 0.2) is 0 Å². The summed E-state index contributed by atoms with van der Waals surface area (Å²) in [5, 5.41) is 4.89. The van der Waals surface area contributed by atoms with E-state index in [4.69, 9.17) is 5.73 Å². The summed E-state index contributed by atoms with van der Waals surface area (Å²) in [6.07, 6.45) is 4.43. The third-order valence-corrected chi connectivity index (χ3v) is 5.55. The molecule has 0 aliphatic heterocycles. The van der Waals surface area contributed by atoms with Gasteiger partial charge in [-0.3, -0.25) is 0 Å². The third-order valence-electron chi connectivity index (χ3n) is 4.54. The van der Waals surface area contributed by atoms with Crippen LogP contribution in [0.3, 0.4) is 0 Å². The highest BCUT2D eigenvalue weighted by atomic mass is 32.1. The number of nitrogen functional groups attached to an aromatic ring is 1. The van der Waals surface area contributed by atoms with Crippen LogP contribution in [0.4, 0.5) is 5.82 Å². The lowest BCUT2D eigenvalue weighted by Gasteiger charge is -2.07. The number of hydrogen-bond acceptors (Lipinski definition) is 3. The number of nitrogens with two attached hydrogens (primary N) is 1. The van der Waals surface area contributed by atoms with Crippen LogP contribution in [0, 0.1) is 0 Å². The smallest absolute Gasteiger partial charge is 0.127 e. The molecule has 0 spiro atoms. The zero-order valence-electron chi connectivity index (χ0n) is 13.5. The summed E-state index contributed by atoms with van der Waals surface area (Å²) in [4.78, 5) is 4.52. The molecule has 2 heterocycles. The fourth-order valence-corrected chi connectivity index (χ4v) is 4.23. The number of fused-ring (bicyclic) bond motifs is 2. The molecule has 0 saturated heterocycles. The van der Waals surface area contributed by atoms with E-state index in [1.807, 2.05) is 29.5 Å². The Kier molecular flexibility index (Phi) is 4.18. The number of aryl methyl sites for hydroxylation is 2. The molecule has 0 amide bonds. The van der Waals surface area contributed by atoms with E-state index < -0.39 is 0 Å². The minimum Gasteiger partial charge on any atom is -0.383 e. The Morgan fingerprint density at radius 1 is 0.875 bits per heavy atom. The van der Waals surface area contributed by atoms with Crippen LogP contribution in [-0.2, 0) is 12.8 Å². The number of rotatable bonds is 5. The van der Waals surface area contributed by atoms with Gasteiger partial charge in [0, 0.05) is 10.1 Å². The Bertz CT molecular complexity index is 987. The number of para-hydroxylation sites is 1. The number of hydrogen-bond donors (Lipinski definition) is 1. The first kappa shape index (κ1) is 15.2. The van der Waals surface area contributed by atoms with Crippen molar-refractivity contribution in [1.29, 1.82) is 0 Å². The SMILES string of the molecule is Nc1nc2ccccc2cc1CCCCc1csc2ccccc12. The van der Waals surface area contributed by atoms with Crippen LogP contribution < -0.4 is 5.73 Å². The number of pyridine rings is 1. The molecule has 120 valence electrons. The van der Waals surface area contributed by atoms with Crippen LogP contribution >= 0.6 is 11.3 Å². The second-order valence-corrected chi connectivity index (χ2v) is 7.10. The fourth-order valence-electron chi connectivity index (χ4n) is 3.23. The third kappa shape index (κ3) is 3.00. The van der Waals surface area contributed by atoms with Gasteiger partial charge >= 0.3 is 0 Å². The number of aromatic nitrogens is 1. The van der Waals surface area contributed by atoms with Crippen molar-refractivity contribution in [2.45, 2.75) is 25.7 Å². The van der Waals surface area contributed by atoms with Gasteiger partial charge in [-0.05, 0) is 65.8 Å². The summed E-state index contributed by atoms with van der Waals surface area (Å²) in [5.41, 5.74) is 9.75. The van der Waals surface area contributed by atoms with Gasteiger partial charge in [-0.25, -0.2) is 4.98 Å². The van der Waals surface area contributed by atoms with E-state index in [0.717, 1.165) is 24.8 Å². The van der Waals surface area contributed by atoms with E-state index in [2.05, 4.69) is 46.8 Å². The highest BCUT2D eigenvalue weighted by Gasteiger charge is 2.06. The molecule has 2 aromatic carbocycles. The second-order valence-electron chi connectivity index (χ2n) is 6.19. The van der Waals surface area contributed by atoms with Crippen LogP contribution in [-0.4, -0.2) is 4.98 Å². The summed E-state index contributed by atoms with van der Waals surface area (Å²) in [7, 11) is 0. The van der Waals surface area contributed by atoms with E-state index in [1.54, 1.807) is 0 Å². The quantitative estimate of drug-likeness (QED) is 0.483. The first-order chi connectivity index (χ1) is 11.8. The maximum Gasteiger partial charge on any atom is 0.127 e. The molecule has 0 radical (unpaired) electrons. The van der Waals surface area contributed by atoms with E-state index in [9.17, 15) is 0 Å². The number of thiophene rings is 1. The van der Waals surface area contributed by atoms with Crippen molar-refractivity contribution in [2.24, 2.45) is 0 Å². The van der Waals surface area contributed by atoms with Gasteiger partial charge < -0.3 is 5.73 Å². The molecule has 2 N–H and O–H groups in total. The summed E-state index contributed by atoms with van der Waals surface area (Å²) < 4.78 is 1.38. The van der Waals surface area contributed by atoms with Crippen molar-refractivity contribution >= 4 is 38.1 Å². The van der Waals surface area contributed by atoms with Crippen LogP contribution in [0.2, 0.25) is 0 Å². The van der Waals surface area contributed by atoms with Gasteiger partial charge in [0.05, 0.1) is 5.52 Å². The summed E-state index contributed by atoms with van der Waals surface area (Å²) in [6.45, 7) is 0. The van der Waals surface area contributed by atoms with E-state index in [1.165, 1.54) is 33.0 Å². The molecule has 2 nitrogen and oxygen atoms in total. The molecule has 0 fully saturated rings. The molecular formula is C21H20N2S. The maximum absolute atomic E-state index is 6.13. The predicted molar refractivity (Wildman–Crippen MR) is 105 cm³/mol. The largest absolute Gasteiger partial charge is 0.383 e. The van der Waals surface area contributed by atoms with Crippen LogP contribution in [0.1, 0.15) is 24.0 Å². The Morgan fingerprint density at radius 2 is 1.62 bits per heavy atom. The Morgan fingerprint density at radius 3 is 2.54 bits per heavy atom. The minimum absolute atomic E-state index is 0.676. The molecule has 24 heavy (non-hydrogen) atoms. The molecule has 0 aliphatic carbocycles. The average molecular weight is 332 g/mol. The van der Waals surface area contributed by atoms with Crippen molar-refractivity contribution in [1.82, 2.24) is 4.98 Å². The van der Waals surface area contributed by atoms with Gasteiger partial charge in [-0.1, -0.05) is 36.4 Å². The first-order valence-electron chi connectivity index (χ1n) is 8.40. The molecule has 0 bridgehead atoms. The number of nitrogens with zero attached hydrogens (tertiary/aromatic N) is 1. The summed E-state index contributed by atoms with van der Waals surface area (Å²) >= 11 is 1.84. The topological polar surface area (TPSA) is 38.9 Å². The maximum atomic E-state index is 6.13. The lowest BCUT2D eigenvalue weighted by molar-refractivity contribution is 0.738. The number of anilines is 1. The normalized spacial score (nSPS) is 11.3. The number of unbranched alkanes of at least 4 members (excludes halogenated alkanes) is 1. The van der Waals surface area contributed by atoms with Gasteiger partial charge in [0.1, 0.15) is 5.82 Å². The second kappa shape index (κ2) is 6.62. The Balaban J connectivity index is 1.41. The molecule has 2 aromatic heterocycles. The molecule has 3 heteroatoms. The standard InChI is InChI=1S/C21H20N2S/c22-21-16(13-15-7-3-5-11-19(15)23-21)8-1-2-9-17-14-24-20-12-6-4-10-18(17)20/h3-7,10-14H,1-2,8-9H2,(H2,22,23). The Hall–Kier alpha value is -2.39. The van der Waals surface area contributed by atoms with Crippen molar-refractivity contribution in [3.63, 3.8) is 0 Å². The van der Waals surface area contributed by atoms with Crippen molar-refractivity contribution < 1.29 is 0 Å². The monoisotopic (exact) mass is 332 g/mol. The highest BCUT2D eigenvalue weighted by Crippen LogP contribution is 2.27. The zero-order valence-corrected chi connectivity index (χ0v) is 14.4. The molecular weight excluding hydrogens is 312 g/mol. The Labute approximate surface area is 146 Å². The van der Waals surface area contributed by atoms with Crippen molar-refractivity contribution in [3.8, 4) is 0 Å². The van der Waals surface area contributed by atoms with Gasteiger partial charge in [-0.2, -0.15) is 0 Å².